The molecule has 0 fully saturated rings. The van der Waals surface area contributed by atoms with Gasteiger partial charge in [0.2, 0.25) is 5.91 Å². The zero-order valence-corrected chi connectivity index (χ0v) is 10.2. The number of hydrogen-bond acceptors (Lipinski definition) is 5. The Kier molecular flexibility index (Phi) is 2.67. The minimum absolute atomic E-state index is 0.0804. The molecule has 19 heavy (non-hydrogen) atoms. The van der Waals surface area contributed by atoms with Crippen molar-refractivity contribution >= 4 is 22.8 Å². The third kappa shape index (κ3) is 2.28. The van der Waals surface area contributed by atoms with Crippen molar-refractivity contribution in [3.05, 3.63) is 30.7 Å². The van der Waals surface area contributed by atoms with Gasteiger partial charge in [-0.3, -0.25) is 4.79 Å². The van der Waals surface area contributed by atoms with E-state index in [9.17, 15) is 4.79 Å². The van der Waals surface area contributed by atoms with Crippen molar-refractivity contribution in [3.8, 4) is 0 Å². The monoisotopic (exact) mass is 257 g/mol. The minimum atomic E-state index is -0.226. The lowest BCUT2D eigenvalue weighted by Crippen LogP contribution is -2.20. The first-order chi connectivity index (χ1) is 9.22. The van der Waals surface area contributed by atoms with Crippen LogP contribution in [0, 0.1) is 0 Å². The fourth-order valence-electron chi connectivity index (χ4n) is 1.75. The normalized spacial score (nSPS) is 10.8. The van der Waals surface area contributed by atoms with Crippen molar-refractivity contribution < 1.29 is 4.79 Å². The number of nitrogens with zero attached hydrogens (tertiary/aromatic N) is 6. The molecule has 8 heteroatoms. The summed E-state index contributed by atoms with van der Waals surface area (Å²) in [4.78, 5) is 17.4. The molecule has 8 nitrogen and oxygen atoms in total. The van der Waals surface area contributed by atoms with Crippen molar-refractivity contribution in [1.29, 1.82) is 0 Å². The average molecular weight is 257 g/mol. The van der Waals surface area contributed by atoms with Gasteiger partial charge >= 0.3 is 0 Å². The van der Waals surface area contributed by atoms with E-state index in [2.05, 4.69) is 25.6 Å². The second-order valence-electron chi connectivity index (χ2n) is 3.99. The van der Waals surface area contributed by atoms with Gasteiger partial charge in [-0.25, -0.2) is 9.67 Å². The van der Waals surface area contributed by atoms with Gasteiger partial charge in [0.05, 0.1) is 12.4 Å². The first kappa shape index (κ1) is 11.3. The zero-order chi connectivity index (χ0) is 13.2. The molecule has 1 amide bonds. The standard InChI is InChI=1S/C11H11N7O/c1-17-13-6-9(16-17)15-10(19)7-18-11-8(5-14-18)3-2-4-12-11/h2-6H,7H2,1H3,(H,15,16,19). The Labute approximate surface area is 108 Å². The summed E-state index contributed by atoms with van der Waals surface area (Å²) in [5.74, 6) is 0.188. The van der Waals surface area contributed by atoms with E-state index in [-0.39, 0.29) is 12.5 Å². The highest BCUT2D eigenvalue weighted by atomic mass is 16.2. The van der Waals surface area contributed by atoms with Crippen LogP contribution < -0.4 is 5.32 Å². The van der Waals surface area contributed by atoms with Gasteiger partial charge in [0.15, 0.2) is 11.5 Å². The van der Waals surface area contributed by atoms with Crippen LogP contribution in [-0.4, -0.2) is 35.7 Å². The number of carbonyl (C=O) groups is 1. The molecule has 0 atom stereocenters. The first-order valence-electron chi connectivity index (χ1n) is 5.65. The maximum atomic E-state index is 11.9. The molecular weight excluding hydrogens is 246 g/mol. The van der Waals surface area contributed by atoms with Gasteiger partial charge in [-0.2, -0.15) is 15.0 Å². The van der Waals surface area contributed by atoms with E-state index < -0.39 is 0 Å². The highest BCUT2D eigenvalue weighted by Crippen LogP contribution is 2.09. The first-order valence-corrected chi connectivity index (χ1v) is 5.65. The highest BCUT2D eigenvalue weighted by molar-refractivity contribution is 5.90. The van der Waals surface area contributed by atoms with Gasteiger partial charge in [-0.1, -0.05) is 0 Å². The summed E-state index contributed by atoms with van der Waals surface area (Å²) in [6.45, 7) is 0.0804. The number of carbonyl (C=O) groups excluding carboxylic acids is 1. The van der Waals surface area contributed by atoms with Crippen LogP contribution in [0.4, 0.5) is 5.82 Å². The number of aryl methyl sites for hydroxylation is 1. The molecule has 3 aromatic rings. The van der Waals surface area contributed by atoms with Crippen LogP contribution in [0.5, 0.6) is 0 Å². The maximum Gasteiger partial charge on any atom is 0.247 e. The average Bonchev–Trinajstić information content (AvgIpc) is 2.97. The summed E-state index contributed by atoms with van der Waals surface area (Å²) in [6.07, 6.45) is 4.83. The quantitative estimate of drug-likeness (QED) is 0.723. The smallest absolute Gasteiger partial charge is 0.247 e. The molecule has 0 saturated heterocycles. The molecule has 3 rings (SSSR count). The minimum Gasteiger partial charge on any atom is -0.306 e. The molecule has 96 valence electrons. The zero-order valence-electron chi connectivity index (χ0n) is 10.2. The molecule has 0 unspecified atom stereocenters. The molecule has 0 aliphatic carbocycles. The van der Waals surface area contributed by atoms with Crippen LogP contribution >= 0.6 is 0 Å². The van der Waals surface area contributed by atoms with Crippen LogP contribution in [0.25, 0.3) is 11.0 Å². The summed E-state index contributed by atoms with van der Waals surface area (Å²) in [5.41, 5.74) is 0.678. The van der Waals surface area contributed by atoms with Crippen LogP contribution in [0.3, 0.4) is 0 Å². The number of pyridine rings is 1. The molecule has 0 spiro atoms. The van der Waals surface area contributed by atoms with E-state index in [4.69, 9.17) is 0 Å². The topological polar surface area (TPSA) is 90.5 Å². The molecule has 0 bridgehead atoms. The molecule has 0 radical (unpaired) electrons. The van der Waals surface area contributed by atoms with Gasteiger partial charge in [-0.05, 0) is 12.1 Å². The molecule has 3 aromatic heterocycles. The number of hydrogen-bond donors (Lipinski definition) is 1. The van der Waals surface area contributed by atoms with Gasteiger partial charge in [-0.15, -0.1) is 5.10 Å². The second kappa shape index (κ2) is 4.48. The second-order valence-corrected chi connectivity index (χ2v) is 3.99. The van der Waals surface area contributed by atoms with Crippen LogP contribution in [0.15, 0.2) is 30.7 Å². The van der Waals surface area contributed by atoms with Crippen molar-refractivity contribution in [2.75, 3.05) is 5.32 Å². The number of anilines is 1. The molecule has 3 heterocycles. The van der Waals surface area contributed by atoms with E-state index in [1.807, 2.05) is 12.1 Å². The maximum absolute atomic E-state index is 11.9. The SMILES string of the molecule is Cn1ncc(NC(=O)Cn2ncc3cccnc32)n1. The summed E-state index contributed by atoms with van der Waals surface area (Å²) in [5, 5.41) is 15.5. The van der Waals surface area contributed by atoms with Crippen molar-refractivity contribution in [3.63, 3.8) is 0 Å². The summed E-state index contributed by atoms with van der Waals surface area (Å²) in [6, 6.07) is 3.72. The summed E-state index contributed by atoms with van der Waals surface area (Å²) in [7, 11) is 1.68. The van der Waals surface area contributed by atoms with Crippen molar-refractivity contribution in [2.24, 2.45) is 7.05 Å². The van der Waals surface area contributed by atoms with E-state index in [1.165, 1.54) is 11.0 Å². The fraction of sp³-hybridized carbons (Fsp3) is 0.182. The number of nitrogens with one attached hydrogen (secondary N) is 1. The molecule has 0 aliphatic rings. The molecular formula is C11H11N7O. The Bertz CT molecular complexity index is 729. The number of aromatic nitrogens is 6. The third-order valence-corrected chi connectivity index (χ3v) is 2.56. The van der Waals surface area contributed by atoms with Crippen molar-refractivity contribution in [1.82, 2.24) is 29.8 Å². The Morgan fingerprint density at radius 3 is 3.05 bits per heavy atom. The Hall–Kier alpha value is -2.77. The predicted molar refractivity (Wildman–Crippen MR) is 67.2 cm³/mol. The van der Waals surface area contributed by atoms with E-state index in [0.29, 0.717) is 11.5 Å². The largest absolute Gasteiger partial charge is 0.306 e. The van der Waals surface area contributed by atoms with E-state index >= 15 is 0 Å². The predicted octanol–water partition coefficient (Wildman–Crippen LogP) is 0.198. The summed E-state index contributed by atoms with van der Waals surface area (Å²) >= 11 is 0. The Morgan fingerprint density at radius 2 is 2.26 bits per heavy atom. The lowest BCUT2D eigenvalue weighted by atomic mass is 10.4. The Balaban J connectivity index is 1.76. The van der Waals surface area contributed by atoms with Gasteiger partial charge < -0.3 is 5.32 Å². The molecule has 0 saturated carbocycles. The number of amides is 1. The molecule has 1 N–H and O–H groups in total. The number of fused-ring (bicyclic) bond motifs is 1. The third-order valence-electron chi connectivity index (χ3n) is 2.56. The number of rotatable bonds is 3. The van der Waals surface area contributed by atoms with Gasteiger partial charge in [0, 0.05) is 18.6 Å². The van der Waals surface area contributed by atoms with E-state index in [0.717, 1.165) is 5.39 Å². The lowest BCUT2D eigenvalue weighted by molar-refractivity contribution is -0.116. The lowest BCUT2D eigenvalue weighted by Gasteiger charge is -2.02. The Morgan fingerprint density at radius 1 is 1.37 bits per heavy atom. The molecule has 0 aliphatic heterocycles. The van der Waals surface area contributed by atoms with Crippen molar-refractivity contribution in [2.45, 2.75) is 6.54 Å². The van der Waals surface area contributed by atoms with Crippen LogP contribution in [0.2, 0.25) is 0 Å². The van der Waals surface area contributed by atoms with E-state index in [1.54, 1.807) is 24.1 Å². The van der Waals surface area contributed by atoms with Crippen LogP contribution in [0.1, 0.15) is 0 Å². The molecule has 0 aromatic carbocycles. The van der Waals surface area contributed by atoms with Gasteiger partial charge in [0.1, 0.15) is 6.54 Å². The summed E-state index contributed by atoms with van der Waals surface area (Å²) < 4.78 is 1.54. The van der Waals surface area contributed by atoms with Crippen LogP contribution in [-0.2, 0) is 18.4 Å². The van der Waals surface area contributed by atoms with Gasteiger partial charge in [0.25, 0.3) is 0 Å². The fourth-order valence-corrected chi connectivity index (χ4v) is 1.75. The highest BCUT2D eigenvalue weighted by Gasteiger charge is 2.09.